The Balaban J connectivity index is 1.40. The van der Waals surface area contributed by atoms with E-state index in [9.17, 15) is 5.26 Å². The zero-order valence-corrected chi connectivity index (χ0v) is 17.6. The van der Waals surface area contributed by atoms with E-state index in [2.05, 4.69) is 76.0 Å². The van der Waals surface area contributed by atoms with Gasteiger partial charge in [-0.15, -0.1) is 0 Å². The molecule has 0 atom stereocenters. The fourth-order valence-corrected chi connectivity index (χ4v) is 4.24. The second-order valence-corrected chi connectivity index (χ2v) is 8.34. The molecule has 0 aromatic heterocycles. The Morgan fingerprint density at radius 1 is 0.793 bits per heavy atom. The van der Waals surface area contributed by atoms with Gasteiger partial charge in [0.1, 0.15) is 0 Å². The summed E-state index contributed by atoms with van der Waals surface area (Å²) in [4.78, 5) is 9.75. The SMILES string of the molecule is Cc1ccc(N2CCN(Cc3cc(N4CCN(C)CC4)ccc3C#N)CC2)cc1. The van der Waals surface area contributed by atoms with Crippen molar-refractivity contribution >= 4 is 11.4 Å². The highest BCUT2D eigenvalue weighted by Gasteiger charge is 2.20. The number of hydrogen-bond donors (Lipinski definition) is 0. The van der Waals surface area contributed by atoms with Gasteiger partial charge in [-0.3, -0.25) is 4.90 Å². The van der Waals surface area contributed by atoms with E-state index in [1.807, 2.05) is 6.07 Å². The summed E-state index contributed by atoms with van der Waals surface area (Å²) in [5.41, 5.74) is 5.84. The Morgan fingerprint density at radius 3 is 2.03 bits per heavy atom. The zero-order chi connectivity index (χ0) is 20.2. The van der Waals surface area contributed by atoms with Crippen LogP contribution in [0.1, 0.15) is 16.7 Å². The van der Waals surface area contributed by atoms with Crippen molar-refractivity contribution in [1.29, 1.82) is 5.26 Å². The third kappa shape index (κ3) is 4.72. The van der Waals surface area contributed by atoms with Gasteiger partial charge in [-0.25, -0.2) is 0 Å². The molecule has 2 heterocycles. The molecule has 2 aliphatic rings. The maximum Gasteiger partial charge on any atom is 0.0995 e. The van der Waals surface area contributed by atoms with Gasteiger partial charge in [0, 0.05) is 70.3 Å². The number of hydrogen-bond acceptors (Lipinski definition) is 5. The first-order valence-corrected chi connectivity index (χ1v) is 10.6. The maximum absolute atomic E-state index is 9.60. The van der Waals surface area contributed by atoms with Crippen LogP contribution in [0, 0.1) is 18.3 Å². The van der Waals surface area contributed by atoms with Gasteiger partial charge >= 0.3 is 0 Å². The number of nitrogens with zero attached hydrogens (tertiary/aromatic N) is 5. The van der Waals surface area contributed by atoms with E-state index < -0.39 is 0 Å². The third-order valence-corrected chi connectivity index (χ3v) is 6.24. The molecule has 0 spiro atoms. The molecule has 29 heavy (non-hydrogen) atoms. The summed E-state index contributed by atoms with van der Waals surface area (Å²) < 4.78 is 0. The minimum Gasteiger partial charge on any atom is -0.369 e. The van der Waals surface area contributed by atoms with Gasteiger partial charge in [0.25, 0.3) is 0 Å². The molecule has 0 saturated carbocycles. The minimum absolute atomic E-state index is 0.809. The van der Waals surface area contributed by atoms with Gasteiger partial charge in [-0.2, -0.15) is 5.26 Å². The molecule has 2 fully saturated rings. The lowest BCUT2D eigenvalue weighted by Gasteiger charge is -2.37. The van der Waals surface area contributed by atoms with Crippen LogP contribution in [0.5, 0.6) is 0 Å². The van der Waals surface area contributed by atoms with Crippen LogP contribution in [0.25, 0.3) is 0 Å². The molecule has 0 N–H and O–H groups in total. The van der Waals surface area contributed by atoms with E-state index in [0.29, 0.717) is 0 Å². The first-order valence-electron chi connectivity index (χ1n) is 10.6. The Morgan fingerprint density at radius 2 is 1.38 bits per heavy atom. The summed E-state index contributed by atoms with van der Waals surface area (Å²) in [6.07, 6.45) is 0. The predicted octanol–water partition coefficient (Wildman–Crippen LogP) is 2.94. The third-order valence-electron chi connectivity index (χ3n) is 6.24. The summed E-state index contributed by atoms with van der Waals surface area (Å²) >= 11 is 0. The summed E-state index contributed by atoms with van der Waals surface area (Å²) in [5.74, 6) is 0. The number of likely N-dealkylation sites (N-methyl/N-ethyl adjacent to an activating group) is 1. The van der Waals surface area contributed by atoms with E-state index in [1.54, 1.807) is 0 Å². The Kier molecular flexibility index (Phi) is 6.03. The molecule has 5 nitrogen and oxygen atoms in total. The van der Waals surface area contributed by atoms with Gasteiger partial charge in [0.05, 0.1) is 11.6 Å². The van der Waals surface area contributed by atoms with Crippen LogP contribution >= 0.6 is 0 Å². The average Bonchev–Trinajstić information content (AvgIpc) is 2.75. The summed E-state index contributed by atoms with van der Waals surface area (Å²) in [5, 5.41) is 9.60. The summed E-state index contributed by atoms with van der Waals surface area (Å²) in [6, 6.07) is 17.6. The smallest absolute Gasteiger partial charge is 0.0995 e. The first kappa shape index (κ1) is 19.8. The number of aryl methyl sites for hydroxylation is 1. The standard InChI is InChI=1S/C24H31N5/c1-20-3-6-23(7-4-20)28-15-11-27(12-16-28)19-22-17-24(8-5-21(22)18-25)29-13-9-26(2)10-14-29/h3-8,17H,9-16,19H2,1-2H3. The van der Waals surface area contributed by atoms with Gasteiger partial charge in [-0.1, -0.05) is 17.7 Å². The van der Waals surface area contributed by atoms with E-state index >= 15 is 0 Å². The van der Waals surface area contributed by atoms with Crippen molar-refractivity contribution in [3.63, 3.8) is 0 Å². The number of anilines is 2. The Hall–Kier alpha value is -2.55. The summed E-state index contributed by atoms with van der Waals surface area (Å²) in [7, 11) is 2.18. The molecular formula is C24H31N5. The van der Waals surface area contributed by atoms with Crippen LogP contribution in [0.2, 0.25) is 0 Å². The second kappa shape index (κ2) is 8.86. The minimum atomic E-state index is 0.809. The average molecular weight is 390 g/mol. The van der Waals surface area contributed by atoms with Gasteiger partial charge in [0.15, 0.2) is 0 Å². The van der Waals surface area contributed by atoms with E-state index in [-0.39, 0.29) is 0 Å². The molecule has 0 bridgehead atoms. The highest BCUT2D eigenvalue weighted by atomic mass is 15.3. The largest absolute Gasteiger partial charge is 0.369 e. The zero-order valence-electron chi connectivity index (χ0n) is 17.6. The monoisotopic (exact) mass is 389 g/mol. The lowest BCUT2D eigenvalue weighted by molar-refractivity contribution is 0.249. The number of rotatable bonds is 4. The van der Waals surface area contributed by atoms with Crippen molar-refractivity contribution in [2.24, 2.45) is 0 Å². The van der Waals surface area contributed by atoms with Crippen molar-refractivity contribution < 1.29 is 0 Å². The topological polar surface area (TPSA) is 36.8 Å². The summed E-state index contributed by atoms with van der Waals surface area (Å²) in [6.45, 7) is 11.4. The van der Waals surface area contributed by atoms with Crippen molar-refractivity contribution in [2.75, 3.05) is 69.2 Å². The lowest BCUT2D eigenvalue weighted by Crippen LogP contribution is -2.46. The quantitative estimate of drug-likeness (QED) is 0.804. The fraction of sp³-hybridized carbons (Fsp3) is 0.458. The van der Waals surface area contributed by atoms with Gasteiger partial charge in [-0.05, 0) is 49.9 Å². The molecule has 5 heteroatoms. The van der Waals surface area contributed by atoms with Crippen molar-refractivity contribution in [3.05, 3.63) is 59.2 Å². The molecule has 2 aromatic carbocycles. The molecule has 2 saturated heterocycles. The van der Waals surface area contributed by atoms with Crippen LogP contribution in [-0.4, -0.2) is 69.2 Å². The normalized spacial score (nSPS) is 18.7. The number of piperazine rings is 2. The Labute approximate surface area is 174 Å². The fourth-order valence-electron chi connectivity index (χ4n) is 4.24. The van der Waals surface area contributed by atoms with E-state index in [0.717, 1.165) is 70.0 Å². The molecule has 0 amide bonds. The predicted molar refractivity (Wildman–Crippen MR) is 120 cm³/mol. The van der Waals surface area contributed by atoms with E-state index in [1.165, 1.54) is 16.9 Å². The molecule has 0 radical (unpaired) electrons. The molecular weight excluding hydrogens is 358 g/mol. The van der Waals surface area contributed by atoms with Gasteiger partial charge in [0.2, 0.25) is 0 Å². The number of nitriles is 1. The lowest BCUT2D eigenvalue weighted by atomic mass is 10.1. The molecule has 4 rings (SSSR count). The molecule has 152 valence electrons. The molecule has 2 aromatic rings. The second-order valence-electron chi connectivity index (χ2n) is 8.34. The van der Waals surface area contributed by atoms with Crippen LogP contribution in [0.3, 0.4) is 0 Å². The van der Waals surface area contributed by atoms with Crippen LogP contribution in [0.4, 0.5) is 11.4 Å². The van der Waals surface area contributed by atoms with Crippen LogP contribution in [-0.2, 0) is 6.54 Å². The van der Waals surface area contributed by atoms with Crippen molar-refractivity contribution in [1.82, 2.24) is 9.80 Å². The van der Waals surface area contributed by atoms with E-state index in [4.69, 9.17) is 0 Å². The van der Waals surface area contributed by atoms with Crippen LogP contribution < -0.4 is 9.80 Å². The van der Waals surface area contributed by atoms with Gasteiger partial charge < -0.3 is 14.7 Å². The molecule has 0 aliphatic carbocycles. The number of benzene rings is 2. The van der Waals surface area contributed by atoms with Crippen LogP contribution in [0.15, 0.2) is 42.5 Å². The highest BCUT2D eigenvalue weighted by Crippen LogP contribution is 2.23. The molecule has 0 unspecified atom stereocenters. The molecule has 2 aliphatic heterocycles. The highest BCUT2D eigenvalue weighted by molar-refractivity contribution is 5.54. The first-order chi connectivity index (χ1) is 14.1. The maximum atomic E-state index is 9.60. The Bertz CT molecular complexity index is 854. The van der Waals surface area contributed by atoms with Crippen molar-refractivity contribution in [3.8, 4) is 6.07 Å². The van der Waals surface area contributed by atoms with Crippen molar-refractivity contribution in [2.45, 2.75) is 13.5 Å².